The fourth-order valence-electron chi connectivity index (χ4n) is 3.86. The van der Waals surface area contributed by atoms with Crippen LogP contribution in [0.15, 0.2) is 71.6 Å². The van der Waals surface area contributed by atoms with Crippen LogP contribution in [0.3, 0.4) is 0 Å². The van der Waals surface area contributed by atoms with Gasteiger partial charge in [-0.25, -0.2) is 12.8 Å². The van der Waals surface area contributed by atoms with Crippen LogP contribution in [0.5, 0.6) is 11.5 Å². The molecule has 0 saturated heterocycles. The van der Waals surface area contributed by atoms with Crippen molar-refractivity contribution in [1.82, 2.24) is 0 Å². The van der Waals surface area contributed by atoms with Gasteiger partial charge in [0.25, 0.3) is 15.9 Å². The van der Waals surface area contributed by atoms with E-state index in [0.29, 0.717) is 22.7 Å². The molecule has 0 aromatic heterocycles. The number of halogens is 1. The molecule has 0 atom stereocenters. The molecule has 1 amide bonds. The van der Waals surface area contributed by atoms with Crippen molar-refractivity contribution in [2.45, 2.75) is 13.5 Å². The number of allylic oxidation sites excluding steroid dienone is 1. The average molecular weight is 483 g/mol. The molecule has 1 aliphatic rings. The van der Waals surface area contributed by atoms with Crippen molar-refractivity contribution in [2.75, 3.05) is 23.8 Å². The fraction of sp³-hybridized carbons (Fsp3) is 0.160. The molecular weight excluding hydrogens is 459 g/mol. The number of fused-ring (bicyclic) bond motifs is 1. The van der Waals surface area contributed by atoms with Crippen molar-refractivity contribution in [3.63, 3.8) is 0 Å². The fourth-order valence-corrected chi connectivity index (χ4v) is 5.59. The summed E-state index contributed by atoms with van der Waals surface area (Å²) < 4.78 is 52.9. The van der Waals surface area contributed by atoms with Gasteiger partial charge in [0.2, 0.25) is 0 Å². The molecule has 1 heterocycles. The van der Waals surface area contributed by atoms with E-state index >= 15 is 0 Å². The van der Waals surface area contributed by atoms with Gasteiger partial charge in [0.15, 0.2) is 16.4 Å². The molecule has 176 valence electrons. The van der Waals surface area contributed by atoms with Crippen LogP contribution in [0.4, 0.5) is 15.8 Å². The monoisotopic (exact) mass is 482 g/mol. The summed E-state index contributed by atoms with van der Waals surface area (Å²) in [5, 5.41) is 2.57. The van der Waals surface area contributed by atoms with Crippen LogP contribution in [0, 0.1) is 5.82 Å². The summed E-state index contributed by atoms with van der Waals surface area (Å²) in [6.45, 7) is 1.58. The number of nitrogens with zero attached hydrogens (tertiary/aromatic N) is 1. The van der Waals surface area contributed by atoms with Crippen LogP contribution in [-0.2, 0) is 21.4 Å². The van der Waals surface area contributed by atoms with Crippen LogP contribution in [0.2, 0.25) is 0 Å². The zero-order chi connectivity index (χ0) is 24.5. The number of ether oxygens (including phenoxy) is 2. The molecule has 7 nitrogen and oxygen atoms in total. The molecule has 3 aromatic carbocycles. The number of amides is 1. The topological polar surface area (TPSA) is 84.9 Å². The summed E-state index contributed by atoms with van der Waals surface area (Å²) in [4.78, 5) is 12.8. The van der Waals surface area contributed by atoms with E-state index in [2.05, 4.69) is 5.32 Å². The highest BCUT2D eigenvalue weighted by atomic mass is 32.2. The lowest BCUT2D eigenvalue weighted by molar-refractivity contribution is -0.112. The zero-order valence-corrected chi connectivity index (χ0v) is 19.6. The quantitative estimate of drug-likeness (QED) is 0.557. The van der Waals surface area contributed by atoms with Crippen LogP contribution in [0.1, 0.15) is 18.1 Å². The van der Waals surface area contributed by atoms with E-state index in [-0.39, 0.29) is 17.8 Å². The molecule has 0 aliphatic carbocycles. The largest absolute Gasteiger partial charge is 0.493 e. The number of hydrogen-bond acceptors (Lipinski definition) is 5. The summed E-state index contributed by atoms with van der Waals surface area (Å²) in [5.41, 5.74) is 2.17. The van der Waals surface area contributed by atoms with Crippen molar-refractivity contribution < 1.29 is 27.1 Å². The lowest BCUT2D eigenvalue weighted by Gasteiger charge is -2.33. The Hall–Kier alpha value is -3.85. The first-order valence-corrected chi connectivity index (χ1v) is 11.8. The van der Waals surface area contributed by atoms with E-state index in [1.54, 1.807) is 31.2 Å². The molecule has 0 unspecified atom stereocenters. The molecular formula is C25H23FN2O5S. The molecule has 0 radical (unpaired) electrons. The number of hydrogen-bond donors (Lipinski definition) is 1. The third kappa shape index (κ3) is 4.22. The van der Waals surface area contributed by atoms with Crippen LogP contribution in [0.25, 0.3) is 5.57 Å². The minimum absolute atomic E-state index is 0.00621. The molecule has 0 spiro atoms. The van der Waals surface area contributed by atoms with E-state index in [1.165, 1.54) is 42.8 Å². The van der Waals surface area contributed by atoms with E-state index in [4.69, 9.17) is 9.47 Å². The van der Waals surface area contributed by atoms with Crippen LogP contribution >= 0.6 is 0 Å². The number of nitrogens with one attached hydrogen (secondary N) is 1. The average Bonchev–Trinajstić information content (AvgIpc) is 2.83. The second-order valence-electron chi connectivity index (χ2n) is 7.64. The van der Waals surface area contributed by atoms with Gasteiger partial charge in [-0.05, 0) is 48.4 Å². The molecule has 34 heavy (non-hydrogen) atoms. The third-order valence-corrected chi connectivity index (χ3v) is 7.45. The van der Waals surface area contributed by atoms with Crippen molar-refractivity contribution in [1.29, 1.82) is 0 Å². The number of carbonyl (C=O) groups excluding carboxylic acids is 1. The Morgan fingerprint density at radius 3 is 2.21 bits per heavy atom. The van der Waals surface area contributed by atoms with Crippen LogP contribution < -0.4 is 19.1 Å². The van der Waals surface area contributed by atoms with Crippen molar-refractivity contribution in [3.8, 4) is 11.5 Å². The number of sulfonamides is 1. The summed E-state index contributed by atoms with van der Waals surface area (Å²) in [6, 6.07) is 17.4. The number of benzene rings is 3. The Bertz CT molecular complexity index is 1370. The molecule has 1 aliphatic heterocycles. The normalized spacial score (nSPS) is 14.4. The smallest absolute Gasteiger partial charge is 0.270 e. The molecule has 4 rings (SSSR count). The molecule has 0 fully saturated rings. The maximum absolute atomic E-state index is 13.8. The Morgan fingerprint density at radius 2 is 1.59 bits per heavy atom. The maximum Gasteiger partial charge on any atom is 0.270 e. The zero-order valence-electron chi connectivity index (χ0n) is 18.8. The SMILES string of the molecule is COc1cc2c(cc1OC)N(Cc1ccccc1)S(=O)(=O)C(C(=O)Nc1ccc(F)cc1)=C2C. The van der Waals surface area contributed by atoms with Gasteiger partial charge >= 0.3 is 0 Å². The maximum atomic E-state index is 13.8. The first-order valence-electron chi connectivity index (χ1n) is 10.4. The minimum atomic E-state index is -4.27. The molecule has 1 N–H and O–H groups in total. The number of anilines is 2. The number of rotatable bonds is 6. The lowest BCUT2D eigenvalue weighted by atomic mass is 10.0. The van der Waals surface area contributed by atoms with Crippen molar-refractivity contribution in [2.24, 2.45) is 0 Å². The molecule has 3 aromatic rings. The first kappa shape index (κ1) is 23.3. The van der Waals surface area contributed by atoms with Gasteiger partial charge in [-0.3, -0.25) is 9.10 Å². The highest BCUT2D eigenvalue weighted by molar-refractivity contribution is 7.97. The van der Waals surface area contributed by atoms with E-state index in [0.717, 1.165) is 5.56 Å². The predicted octanol–water partition coefficient (Wildman–Crippen LogP) is 4.56. The number of carbonyl (C=O) groups is 1. The van der Waals surface area contributed by atoms with Crippen molar-refractivity contribution in [3.05, 3.63) is 88.6 Å². The summed E-state index contributed by atoms with van der Waals surface area (Å²) in [6.07, 6.45) is 0. The third-order valence-electron chi connectivity index (χ3n) is 5.54. The summed E-state index contributed by atoms with van der Waals surface area (Å²) in [7, 11) is -1.32. The van der Waals surface area contributed by atoms with Gasteiger partial charge in [0, 0.05) is 17.3 Å². The lowest BCUT2D eigenvalue weighted by Crippen LogP contribution is -2.39. The first-order chi connectivity index (χ1) is 16.3. The van der Waals surface area contributed by atoms with E-state index < -0.39 is 26.7 Å². The standard InChI is InChI=1S/C25H23FN2O5S/c1-16-20-13-22(32-2)23(33-3)14-21(20)28(15-17-7-5-4-6-8-17)34(30,31)24(16)25(29)27-19-11-9-18(26)10-12-19/h4-14H,15H2,1-3H3,(H,27,29). The number of methoxy groups -OCH3 is 2. The second kappa shape index (κ2) is 9.18. The van der Waals surface area contributed by atoms with E-state index in [9.17, 15) is 17.6 Å². The van der Waals surface area contributed by atoms with Gasteiger partial charge in [-0.2, -0.15) is 0 Å². The Labute approximate surface area is 197 Å². The van der Waals surface area contributed by atoms with Gasteiger partial charge in [0.05, 0.1) is 26.5 Å². The Morgan fingerprint density at radius 1 is 0.971 bits per heavy atom. The summed E-state index contributed by atoms with van der Waals surface area (Å²) >= 11 is 0. The van der Waals surface area contributed by atoms with Crippen LogP contribution in [-0.4, -0.2) is 28.5 Å². The Balaban J connectivity index is 1.88. The minimum Gasteiger partial charge on any atom is -0.493 e. The van der Waals surface area contributed by atoms with Crippen molar-refractivity contribution >= 4 is 32.9 Å². The van der Waals surface area contributed by atoms with Gasteiger partial charge in [0.1, 0.15) is 5.82 Å². The van der Waals surface area contributed by atoms with E-state index in [1.807, 2.05) is 18.2 Å². The molecule has 9 heteroatoms. The second-order valence-corrected chi connectivity index (χ2v) is 9.44. The van der Waals surface area contributed by atoms with Gasteiger partial charge < -0.3 is 14.8 Å². The van der Waals surface area contributed by atoms with Gasteiger partial charge in [-0.1, -0.05) is 30.3 Å². The summed E-state index contributed by atoms with van der Waals surface area (Å²) in [5.74, 6) is -0.523. The molecule has 0 bridgehead atoms. The Kier molecular flexibility index (Phi) is 6.30. The predicted molar refractivity (Wildman–Crippen MR) is 129 cm³/mol. The highest BCUT2D eigenvalue weighted by Crippen LogP contribution is 2.45. The highest BCUT2D eigenvalue weighted by Gasteiger charge is 2.40. The molecule has 0 saturated carbocycles. The van der Waals surface area contributed by atoms with Gasteiger partial charge in [-0.15, -0.1) is 0 Å².